The Hall–Kier alpha value is -3.15. The van der Waals surface area contributed by atoms with Gasteiger partial charge in [-0.1, -0.05) is 30.3 Å². The topological polar surface area (TPSA) is 63.1 Å². The molecule has 0 bridgehead atoms. The average molecular weight is 361 g/mol. The summed E-state index contributed by atoms with van der Waals surface area (Å²) in [5, 5.41) is 7.75. The van der Waals surface area contributed by atoms with E-state index in [1.165, 1.54) is 5.56 Å². The molecule has 6 nitrogen and oxygen atoms in total. The molecular weight excluding hydrogens is 338 g/mol. The Kier molecular flexibility index (Phi) is 5.14. The maximum absolute atomic E-state index is 12.6. The highest BCUT2D eigenvalue weighted by Crippen LogP contribution is 2.21. The van der Waals surface area contributed by atoms with Crippen molar-refractivity contribution in [1.82, 2.24) is 25.0 Å². The van der Waals surface area contributed by atoms with E-state index in [1.807, 2.05) is 39.9 Å². The van der Waals surface area contributed by atoms with E-state index >= 15 is 0 Å². The van der Waals surface area contributed by atoms with Crippen LogP contribution in [0.25, 0.3) is 11.3 Å². The minimum absolute atomic E-state index is 0.00829. The van der Waals surface area contributed by atoms with Crippen molar-refractivity contribution < 1.29 is 4.79 Å². The lowest BCUT2D eigenvalue weighted by Crippen LogP contribution is -2.40. The second-order valence-electron chi connectivity index (χ2n) is 6.72. The van der Waals surface area contributed by atoms with Crippen LogP contribution < -0.4 is 5.32 Å². The number of benzene rings is 1. The molecule has 1 N–H and O–H groups in total. The number of rotatable bonds is 4. The van der Waals surface area contributed by atoms with E-state index in [0.717, 1.165) is 42.9 Å². The third kappa shape index (κ3) is 4.16. The number of nitrogens with zero attached hydrogens (tertiary/aromatic N) is 4. The SMILES string of the molecule is O=C(NCCc1ccccc1)N1CCCn2nc(-c3ccncc3)cc2C1. The van der Waals surface area contributed by atoms with Crippen LogP contribution in [0.3, 0.4) is 0 Å². The maximum Gasteiger partial charge on any atom is 0.317 e. The number of aryl methyl sites for hydroxylation is 1. The zero-order valence-corrected chi connectivity index (χ0v) is 15.2. The van der Waals surface area contributed by atoms with Crippen LogP contribution in [0.2, 0.25) is 0 Å². The number of urea groups is 1. The number of aromatic nitrogens is 3. The van der Waals surface area contributed by atoms with Crippen LogP contribution >= 0.6 is 0 Å². The van der Waals surface area contributed by atoms with E-state index in [1.54, 1.807) is 12.4 Å². The molecule has 0 atom stereocenters. The monoisotopic (exact) mass is 361 g/mol. The molecule has 1 aliphatic rings. The molecule has 4 rings (SSSR count). The van der Waals surface area contributed by atoms with Gasteiger partial charge in [0.15, 0.2) is 0 Å². The zero-order chi connectivity index (χ0) is 18.5. The summed E-state index contributed by atoms with van der Waals surface area (Å²) in [5.41, 5.74) is 4.27. The van der Waals surface area contributed by atoms with Crippen molar-refractivity contribution in [3.8, 4) is 11.3 Å². The van der Waals surface area contributed by atoms with E-state index in [2.05, 4.69) is 28.5 Å². The van der Waals surface area contributed by atoms with Gasteiger partial charge in [-0.05, 0) is 36.6 Å². The van der Waals surface area contributed by atoms with E-state index in [4.69, 9.17) is 5.10 Å². The Morgan fingerprint density at radius 1 is 1.07 bits per heavy atom. The van der Waals surface area contributed by atoms with Crippen LogP contribution in [-0.4, -0.2) is 38.8 Å². The van der Waals surface area contributed by atoms with Crippen LogP contribution in [0.15, 0.2) is 60.9 Å². The normalized spacial score (nSPS) is 13.7. The first kappa shape index (κ1) is 17.3. The summed E-state index contributed by atoms with van der Waals surface area (Å²) in [6.07, 6.45) is 5.28. The average Bonchev–Trinajstić information content (AvgIpc) is 3.01. The van der Waals surface area contributed by atoms with Gasteiger partial charge in [-0.3, -0.25) is 9.67 Å². The molecule has 2 aromatic heterocycles. The fraction of sp³-hybridized carbons (Fsp3) is 0.286. The van der Waals surface area contributed by atoms with Crippen molar-refractivity contribution in [2.75, 3.05) is 13.1 Å². The summed E-state index contributed by atoms with van der Waals surface area (Å²) in [4.78, 5) is 18.5. The molecule has 3 heterocycles. The molecule has 0 unspecified atom stereocenters. The minimum Gasteiger partial charge on any atom is -0.338 e. The third-order valence-corrected chi connectivity index (χ3v) is 4.81. The van der Waals surface area contributed by atoms with Crippen molar-refractivity contribution in [2.45, 2.75) is 25.9 Å². The lowest BCUT2D eigenvalue weighted by molar-refractivity contribution is 0.196. The predicted molar refractivity (Wildman–Crippen MR) is 104 cm³/mol. The fourth-order valence-corrected chi connectivity index (χ4v) is 3.37. The summed E-state index contributed by atoms with van der Waals surface area (Å²) in [6.45, 7) is 2.79. The lowest BCUT2D eigenvalue weighted by Gasteiger charge is -2.20. The second kappa shape index (κ2) is 8.03. The summed E-state index contributed by atoms with van der Waals surface area (Å²) < 4.78 is 2.02. The highest BCUT2D eigenvalue weighted by molar-refractivity contribution is 5.74. The van der Waals surface area contributed by atoms with Gasteiger partial charge in [0, 0.05) is 37.6 Å². The molecule has 0 aliphatic carbocycles. The Balaban J connectivity index is 1.39. The molecule has 1 aliphatic heterocycles. The van der Waals surface area contributed by atoms with Gasteiger partial charge < -0.3 is 10.2 Å². The molecule has 0 fully saturated rings. The fourth-order valence-electron chi connectivity index (χ4n) is 3.37. The summed E-state index contributed by atoms with van der Waals surface area (Å²) in [5.74, 6) is 0. The number of fused-ring (bicyclic) bond motifs is 1. The van der Waals surface area contributed by atoms with Crippen molar-refractivity contribution in [2.24, 2.45) is 0 Å². The van der Waals surface area contributed by atoms with E-state index in [-0.39, 0.29) is 6.03 Å². The van der Waals surface area contributed by atoms with Crippen molar-refractivity contribution >= 4 is 6.03 Å². The highest BCUT2D eigenvalue weighted by Gasteiger charge is 2.20. The zero-order valence-electron chi connectivity index (χ0n) is 15.2. The van der Waals surface area contributed by atoms with E-state index in [9.17, 15) is 4.79 Å². The molecule has 1 aromatic carbocycles. The molecule has 3 aromatic rings. The predicted octanol–water partition coefficient (Wildman–Crippen LogP) is 3.10. The van der Waals surface area contributed by atoms with Gasteiger partial charge in [-0.15, -0.1) is 0 Å². The number of pyridine rings is 1. The van der Waals surface area contributed by atoms with Crippen molar-refractivity contribution in [3.05, 3.63) is 72.2 Å². The Bertz CT molecular complexity index is 891. The molecule has 138 valence electrons. The Labute approximate surface area is 158 Å². The van der Waals surface area contributed by atoms with E-state index < -0.39 is 0 Å². The summed E-state index contributed by atoms with van der Waals surface area (Å²) >= 11 is 0. The van der Waals surface area contributed by atoms with Crippen LogP contribution in [-0.2, 0) is 19.5 Å². The van der Waals surface area contributed by atoms with Crippen LogP contribution in [0.4, 0.5) is 4.79 Å². The third-order valence-electron chi connectivity index (χ3n) is 4.81. The van der Waals surface area contributed by atoms with Crippen molar-refractivity contribution in [1.29, 1.82) is 0 Å². The van der Waals surface area contributed by atoms with Crippen LogP contribution in [0.1, 0.15) is 17.7 Å². The van der Waals surface area contributed by atoms with Gasteiger partial charge >= 0.3 is 6.03 Å². The van der Waals surface area contributed by atoms with Crippen molar-refractivity contribution in [3.63, 3.8) is 0 Å². The standard InChI is InChI=1S/C21H23N5O/c27-21(23-12-7-17-5-2-1-3-6-17)25-13-4-14-26-19(16-25)15-20(24-26)18-8-10-22-11-9-18/h1-3,5-6,8-11,15H,4,7,12-14,16H2,(H,23,27). The smallest absolute Gasteiger partial charge is 0.317 e. The van der Waals surface area contributed by atoms with E-state index in [0.29, 0.717) is 13.1 Å². The van der Waals surface area contributed by atoms with Gasteiger partial charge in [0.25, 0.3) is 0 Å². The Morgan fingerprint density at radius 2 is 1.89 bits per heavy atom. The summed E-state index contributed by atoms with van der Waals surface area (Å²) in [6, 6.07) is 16.2. The number of hydrogen-bond acceptors (Lipinski definition) is 3. The number of hydrogen-bond donors (Lipinski definition) is 1. The molecule has 27 heavy (non-hydrogen) atoms. The lowest BCUT2D eigenvalue weighted by atomic mass is 10.1. The Morgan fingerprint density at radius 3 is 2.70 bits per heavy atom. The summed E-state index contributed by atoms with van der Waals surface area (Å²) in [7, 11) is 0. The number of carbonyl (C=O) groups is 1. The quantitative estimate of drug-likeness (QED) is 0.777. The number of carbonyl (C=O) groups excluding carboxylic acids is 1. The van der Waals surface area contributed by atoms with Gasteiger partial charge in [-0.2, -0.15) is 5.10 Å². The van der Waals surface area contributed by atoms with Gasteiger partial charge in [-0.25, -0.2) is 4.79 Å². The molecule has 0 saturated heterocycles. The first-order chi connectivity index (χ1) is 13.3. The molecule has 6 heteroatoms. The molecule has 0 spiro atoms. The number of amides is 2. The van der Waals surface area contributed by atoms with Gasteiger partial charge in [0.05, 0.1) is 17.9 Å². The first-order valence-corrected chi connectivity index (χ1v) is 9.33. The number of nitrogens with one attached hydrogen (secondary N) is 1. The maximum atomic E-state index is 12.6. The van der Waals surface area contributed by atoms with Crippen LogP contribution in [0.5, 0.6) is 0 Å². The molecule has 0 radical (unpaired) electrons. The second-order valence-corrected chi connectivity index (χ2v) is 6.72. The highest BCUT2D eigenvalue weighted by atomic mass is 16.2. The van der Waals surface area contributed by atoms with Gasteiger partial charge in [0.1, 0.15) is 0 Å². The molecular formula is C21H23N5O. The first-order valence-electron chi connectivity index (χ1n) is 9.33. The molecule has 0 saturated carbocycles. The van der Waals surface area contributed by atoms with Crippen LogP contribution in [0, 0.1) is 0 Å². The largest absolute Gasteiger partial charge is 0.338 e. The van der Waals surface area contributed by atoms with Gasteiger partial charge in [0.2, 0.25) is 0 Å². The minimum atomic E-state index is -0.00829. The molecule has 2 amide bonds.